The Hall–Kier alpha value is -1.24. The van der Waals surface area contributed by atoms with Crippen LogP contribution in [-0.4, -0.2) is 16.9 Å². The lowest BCUT2D eigenvalue weighted by Crippen LogP contribution is -1.98. The number of rotatable bonds is 1. The fourth-order valence-corrected chi connectivity index (χ4v) is 0.412. The Balaban J connectivity index is 2.67. The molecule has 0 fully saturated rings. The van der Waals surface area contributed by atoms with Crippen LogP contribution < -0.4 is 0 Å². The van der Waals surface area contributed by atoms with Gasteiger partial charge >= 0.3 is 0 Å². The molecule has 0 spiro atoms. The molecule has 0 saturated carbocycles. The number of hydrogen-bond donors (Lipinski definition) is 0. The molecule has 2 radical (unpaired) electrons. The number of hydrogen-bond acceptors (Lipinski definition) is 2. The van der Waals surface area contributed by atoms with Crippen LogP contribution in [0.3, 0.4) is 0 Å². The third-order valence-corrected chi connectivity index (χ3v) is 0.732. The molecule has 0 aliphatic carbocycles. The van der Waals surface area contributed by atoms with Gasteiger partial charge < -0.3 is 4.48 Å². The molecule has 0 aromatic carbocycles. The van der Waals surface area contributed by atoms with Gasteiger partial charge in [0.1, 0.15) is 0 Å². The molecule has 1 heterocycles. The summed E-state index contributed by atoms with van der Waals surface area (Å²) in [4.78, 5) is 3.72. The predicted molar refractivity (Wildman–Crippen MR) is 29.0 cm³/mol. The maximum atomic E-state index is 8.08. The standard InChI is InChI=1S/C4H3BN3/c6-3-5-8-2-1-7-4-8/h1-2,4H/q-1. The van der Waals surface area contributed by atoms with Gasteiger partial charge in [-0.25, -0.2) is 11.0 Å². The average Bonchev–Trinajstić information content (AvgIpc) is 2.19. The molecule has 0 bridgehead atoms. The van der Waals surface area contributed by atoms with Crippen molar-refractivity contribution >= 4 is 7.41 Å². The van der Waals surface area contributed by atoms with Crippen molar-refractivity contribution in [2.45, 2.75) is 0 Å². The first-order valence-corrected chi connectivity index (χ1v) is 2.14. The van der Waals surface area contributed by atoms with Crippen LogP contribution in [0.15, 0.2) is 18.7 Å². The van der Waals surface area contributed by atoms with Crippen molar-refractivity contribution in [3.8, 4) is 5.97 Å². The van der Waals surface area contributed by atoms with Crippen LogP contribution in [0.1, 0.15) is 0 Å². The van der Waals surface area contributed by atoms with Crippen molar-refractivity contribution in [3.05, 3.63) is 18.7 Å². The van der Waals surface area contributed by atoms with Crippen molar-refractivity contribution in [1.82, 2.24) is 9.46 Å². The van der Waals surface area contributed by atoms with Gasteiger partial charge in [0.15, 0.2) is 0 Å². The van der Waals surface area contributed by atoms with Crippen LogP contribution >= 0.6 is 0 Å². The summed E-state index contributed by atoms with van der Waals surface area (Å²) in [7, 11) is 1.37. The smallest absolute Gasteiger partial charge is 0.0503 e. The van der Waals surface area contributed by atoms with E-state index >= 15 is 0 Å². The zero-order chi connectivity index (χ0) is 5.82. The first kappa shape index (κ1) is 4.91. The van der Waals surface area contributed by atoms with E-state index in [0.717, 1.165) is 0 Å². The molecule has 1 aromatic rings. The fourth-order valence-electron chi connectivity index (χ4n) is 0.412. The molecule has 4 heteroatoms. The van der Waals surface area contributed by atoms with E-state index in [2.05, 4.69) is 4.98 Å². The molecule has 0 unspecified atom stereocenters. The lowest BCUT2D eigenvalue weighted by atomic mass is 9.99. The average molecular weight is 104 g/mol. The maximum absolute atomic E-state index is 8.08. The molecule has 0 aliphatic rings. The van der Waals surface area contributed by atoms with Gasteiger partial charge in [0.05, 0.1) is 6.33 Å². The van der Waals surface area contributed by atoms with Gasteiger partial charge in [0, 0.05) is 6.20 Å². The minimum absolute atomic E-state index is 1.37. The Morgan fingerprint density at radius 3 is 3.12 bits per heavy atom. The van der Waals surface area contributed by atoms with Crippen LogP contribution in [-0.2, 0) is 0 Å². The highest BCUT2D eigenvalue weighted by Crippen LogP contribution is 1.77. The SMILES string of the molecule is N#C[B-]n1ccnc1. The van der Waals surface area contributed by atoms with Gasteiger partial charge in [-0.3, -0.25) is 5.26 Å². The van der Waals surface area contributed by atoms with Crippen LogP contribution in [0.25, 0.3) is 0 Å². The van der Waals surface area contributed by atoms with Crippen molar-refractivity contribution in [1.29, 1.82) is 5.26 Å². The fraction of sp³-hybridized carbons (Fsp3) is 0. The molecule has 0 atom stereocenters. The third kappa shape index (κ3) is 0.879. The lowest BCUT2D eigenvalue weighted by molar-refractivity contribution is 1.20. The topological polar surface area (TPSA) is 41.6 Å². The van der Waals surface area contributed by atoms with Gasteiger partial charge in [0.25, 0.3) is 0 Å². The molecule has 3 nitrogen and oxygen atoms in total. The Morgan fingerprint density at radius 1 is 1.75 bits per heavy atom. The Kier molecular flexibility index (Phi) is 1.33. The molecule has 0 aliphatic heterocycles. The molecule has 1 aromatic heterocycles. The summed E-state index contributed by atoms with van der Waals surface area (Å²) in [6.07, 6.45) is 4.88. The van der Waals surface area contributed by atoms with Crippen molar-refractivity contribution < 1.29 is 0 Å². The molecule has 0 amide bonds. The van der Waals surface area contributed by atoms with Crippen molar-refractivity contribution in [3.63, 3.8) is 0 Å². The number of nitrogens with zero attached hydrogens (tertiary/aromatic N) is 3. The summed E-state index contributed by atoms with van der Waals surface area (Å²) in [6, 6.07) is 0. The third-order valence-electron chi connectivity index (χ3n) is 0.732. The van der Waals surface area contributed by atoms with Crippen molar-refractivity contribution in [2.24, 2.45) is 0 Å². The van der Waals surface area contributed by atoms with Gasteiger partial charge in [-0.2, -0.15) is 0 Å². The van der Waals surface area contributed by atoms with Crippen LogP contribution in [0, 0.1) is 11.2 Å². The van der Waals surface area contributed by atoms with E-state index in [1.54, 1.807) is 23.2 Å². The maximum Gasteiger partial charge on any atom is 0.0503 e. The highest BCUT2D eigenvalue weighted by molar-refractivity contribution is 6.43. The Labute approximate surface area is 47.8 Å². The first-order valence-electron chi connectivity index (χ1n) is 2.14. The van der Waals surface area contributed by atoms with E-state index < -0.39 is 0 Å². The van der Waals surface area contributed by atoms with Crippen LogP contribution in [0.5, 0.6) is 0 Å². The molecular formula is C4H3BN3-. The second-order valence-corrected chi connectivity index (χ2v) is 1.27. The van der Waals surface area contributed by atoms with Crippen LogP contribution in [0.2, 0.25) is 0 Å². The van der Waals surface area contributed by atoms with E-state index in [1.165, 1.54) is 7.41 Å². The quantitative estimate of drug-likeness (QED) is 0.464. The summed E-state index contributed by atoms with van der Waals surface area (Å²) in [5.41, 5.74) is 0. The molecular weight excluding hydrogens is 101 g/mol. The second kappa shape index (κ2) is 2.17. The predicted octanol–water partition coefficient (Wildman–Crippen LogP) is -0.169. The second-order valence-electron chi connectivity index (χ2n) is 1.27. The van der Waals surface area contributed by atoms with Gasteiger partial charge in [-0.15, -0.1) is 0 Å². The van der Waals surface area contributed by atoms with Crippen molar-refractivity contribution in [2.75, 3.05) is 0 Å². The van der Waals surface area contributed by atoms with Gasteiger partial charge in [-0.05, 0) is 6.20 Å². The van der Waals surface area contributed by atoms with E-state index in [4.69, 9.17) is 5.26 Å². The van der Waals surface area contributed by atoms with E-state index in [9.17, 15) is 0 Å². The highest BCUT2D eigenvalue weighted by Gasteiger charge is 1.68. The zero-order valence-electron chi connectivity index (χ0n) is 4.15. The van der Waals surface area contributed by atoms with Crippen LogP contribution in [0.4, 0.5) is 0 Å². The summed E-state index contributed by atoms with van der Waals surface area (Å²) in [6.45, 7) is 0. The van der Waals surface area contributed by atoms with E-state index in [-0.39, 0.29) is 0 Å². The monoisotopic (exact) mass is 104 g/mol. The van der Waals surface area contributed by atoms with E-state index in [1.807, 2.05) is 5.97 Å². The largest absolute Gasteiger partial charge is 0.563 e. The molecule has 0 N–H and O–H groups in total. The number of aromatic nitrogens is 2. The van der Waals surface area contributed by atoms with Gasteiger partial charge in [-0.1, -0.05) is 7.41 Å². The summed E-state index contributed by atoms with van der Waals surface area (Å²) in [5.74, 6) is 1.87. The summed E-state index contributed by atoms with van der Waals surface area (Å²) in [5, 5.41) is 8.08. The Bertz CT molecular complexity index is 186. The molecule has 8 heavy (non-hydrogen) atoms. The van der Waals surface area contributed by atoms with Gasteiger partial charge in [0.2, 0.25) is 0 Å². The summed E-state index contributed by atoms with van der Waals surface area (Å²) >= 11 is 0. The number of nitriles is 1. The number of imidazole rings is 1. The molecule has 38 valence electrons. The molecule has 0 saturated heterocycles. The Morgan fingerprint density at radius 2 is 2.62 bits per heavy atom. The minimum atomic E-state index is 1.37. The molecule has 1 rings (SSSR count). The first-order chi connectivity index (χ1) is 3.93. The minimum Gasteiger partial charge on any atom is -0.563 e. The van der Waals surface area contributed by atoms with E-state index in [0.29, 0.717) is 0 Å². The normalized spacial score (nSPS) is 8.38. The lowest BCUT2D eigenvalue weighted by Gasteiger charge is -2.03. The highest BCUT2D eigenvalue weighted by atomic mass is 14.9. The summed E-state index contributed by atoms with van der Waals surface area (Å²) < 4.78 is 1.58. The zero-order valence-corrected chi connectivity index (χ0v) is 4.15.